The molecule has 0 unspecified atom stereocenters. The molecule has 0 bridgehead atoms. The van der Waals surface area contributed by atoms with Crippen LogP contribution in [0.15, 0.2) is 40.9 Å². The highest BCUT2D eigenvalue weighted by Gasteiger charge is 2.41. The molecule has 2 aliphatic heterocycles. The topological polar surface area (TPSA) is 49.6 Å². The van der Waals surface area contributed by atoms with E-state index in [0.717, 1.165) is 51.3 Å². The average Bonchev–Trinajstić information content (AvgIpc) is 3.31. The number of amides is 1. The third-order valence-electron chi connectivity index (χ3n) is 6.19. The summed E-state index contributed by atoms with van der Waals surface area (Å²) in [6.07, 6.45) is 3.40. The summed E-state index contributed by atoms with van der Waals surface area (Å²) in [6, 6.07) is 12.5. The van der Waals surface area contributed by atoms with Crippen LogP contribution >= 0.6 is 0 Å². The number of carbonyl (C=O) groups excluding carboxylic acids is 1. The van der Waals surface area contributed by atoms with Gasteiger partial charge in [0, 0.05) is 38.2 Å². The van der Waals surface area contributed by atoms with Crippen LogP contribution in [-0.4, -0.2) is 47.0 Å². The molecule has 5 nitrogen and oxygen atoms in total. The van der Waals surface area contributed by atoms with Crippen molar-refractivity contribution in [2.45, 2.75) is 45.6 Å². The third-order valence-corrected chi connectivity index (χ3v) is 6.19. The molecule has 0 aliphatic carbocycles. The van der Waals surface area contributed by atoms with Crippen molar-refractivity contribution in [2.75, 3.05) is 26.2 Å². The first-order chi connectivity index (χ1) is 13.0. The highest BCUT2D eigenvalue weighted by Crippen LogP contribution is 2.41. The van der Waals surface area contributed by atoms with E-state index in [2.05, 4.69) is 40.4 Å². The Hall–Kier alpha value is -2.14. The van der Waals surface area contributed by atoms with E-state index in [0.29, 0.717) is 11.1 Å². The molecule has 144 valence electrons. The van der Waals surface area contributed by atoms with Gasteiger partial charge < -0.3 is 9.42 Å². The summed E-state index contributed by atoms with van der Waals surface area (Å²) in [4.78, 5) is 17.3. The quantitative estimate of drug-likeness (QED) is 0.822. The molecule has 1 aromatic heterocycles. The van der Waals surface area contributed by atoms with E-state index in [4.69, 9.17) is 4.52 Å². The maximum absolute atomic E-state index is 12.7. The average molecular weight is 367 g/mol. The summed E-state index contributed by atoms with van der Waals surface area (Å²) in [5.74, 6) is 1.04. The number of hydrogen-bond acceptors (Lipinski definition) is 4. The van der Waals surface area contributed by atoms with E-state index < -0.39 is 0 Å². The van der Waals surface area contributed by atoms with Gasteiger partial charge >= 0.3 is 0 Å². The van der Waals surface area contributed by atoms with Crippen molar-refractivity contribution in [2.24, 2.45) is 5.41 Å². The van der Waals surface area contributed by atoms with Crippen molar-refractivity contribution >= 4 is 5.91 Å². The van der Waals surface area contributed by atoms with Crippen LogP contribution in [0.3, 0.4) is 0 Å². The van der Waals surface area contributed by atoms with Crippen molar-refractivity contribution in [3.8, 4) is 0 Å². The van der Waals surface area contributed by atoms with Gasteiger partial charge in [-0.2, -0.15) is 0 Å². The van der Waals surface area contributed by atoms with E-state index in [1.807, 2.05) is 18.7 Å². The van der Waals surface area contributed by atoms with Gasteiger partial charge in [-0.15, -0.1) is 0 Å². The molecule has 1 amide bonds. The fraction of sp³-hybridized carbons (Fsp3) is 0.545. The fourth-order valence-corrected chi connectivity index (χ4v) is 4.42. The normalized spacial score (nSPS) is 19.9. The standard InChI is InChI=1S/C22H29N3O2/c1-17(2)20-14-19(23-27-20)21(26)25-12-9-22(10-13-25)8-11-24(16-22)15-18-6-4-3-5-7-18/h3-7,14,17H,8-13,15-16H2,1-2H3. The second-order valence-corrected chi connectivity index (χ2v) is 8.51. The number of benzene rings is 1. The Kier molecular flexibility index (Phi) is 5.04. The maximum atomic E-state index is 12.7. The molecular formula is C22H29N3O2. The summed E-state index contributed by atoms with van der Waals surface area (Å²) in [5.41, 5.74) is 2.21. The summed E-state index contributed by atoms with van der Waals surface area (Å²) in [6.45, 7) is 9.06. The molecular weight excluding hydrogens is 338 g/mol. The van der Waals surface area contributed by atoms with Crippen LogP contribution in [0.25, 0.3) is 0 Å². The third kappa shape index (κ3) is 3.93. The zero-order valence-corrected chi connectivity index (χ0v) is 16.4. The summed E-state index contributed by atoms with van der Waals surface area (Å²) in [5, 5.41) is 3.99. The van der Waals surface area contributed by atoms with Crippen molar-refractivity contribution in [3.05, 3.63) is 53.4 Å². The van der Waals surface area contributed by atoms with Crippen LogP contribution in [0.2, 0.25) is 0 Å². The second-order valence-electron chi connectivity index (χ2n) is 8.51. The van der Waals surface area contributed by atoms with Gasteiger partial charge in [0.05, 0.1) is 0 Å². The van der Waals surface area contributed by atoms with Crippen molar-refractivity contribution in [3.63, 3.8) is 0 Å². The first-order valence-corrected chi connectivity index (χ1v) is 10.1. The first kappa shape index (κ1) is 18.2. The van der Waals surface area contributed by atoms with Gasteiger partial charge in [0.15, 0.2) is 5.69 Å². The minimum Gasteiger partial charge on any atom is -0.360 e. The van der Waals surface area contributed by atoms with E-state index in [9.17, 15) is 4.79 Å². The fourth-order valence-electron chi connectivity index (χ4n) is 4.42. The van der Waals surface area contributed by atoms with Gasteiger partial charge in [0.25, 0.3) is 5.91 Å². The van der Waals surface area contributed by atoms with Crippen molar-refractivity contribution < 1.29 is 9.32 Å². The lowest BCUT2D eigenvalue weighted by atomic mass is 9.77. The van der Waals surface area contributed by atoms with Gasteiger partial charge in [-0.3, -0.25) is 9.69 Å². The van der Waals surface area contributed by atoms with Crippen LogP contribution in [0.4, 0.5) is 0 Å². The number of nitrogens with zero attached hydrogens (tertiary/aromatic N) is 3. The Morgan fingerprint density at radius 1 is 1.15 bits per heavy atom. The molecule has 1 aromatic carbocycles. The number of hydrogen-bond donors (Lipinski definition) is 0. The zero-order valence-electron chi connectivity index (χ0n) is 16.4. The van der Waals surface area contributed by atoms with E-state index in [1.54, 1.807) is 6.07 Å². The van der Waals surface area contributed by atoms with E-state index in [-0.39, 0.29) is 11.8 Å². The van der Waals surface area contributed by atoms with Gasteiger partial charge in [-0.25, -0.2) is 0 Å². The number of aromatic nitrogens is 1. The van der Waals surface area contributed by atoms with Crippen LogP contribution in [0.1, 0.15) is 60.8 Å². The number of likely N-dealkylation sites (tertiary alicyclic amines) is 2. The Balaban J connectivity index is 1.32. The SMILES string of the molecule is CC(C)c1cc(C(=O)N2CCC3(CCN(Cc4ccccc4)C3)CC2)no1. The van der Waals surface area contributed by atoms with Crippen molar-refractivity contribution in [1.29, 1.82) is 0 Å². The van der Waals surface area contributed by atoms with Gasteiger partial charge in [0.2, 0.25) is 0 Å². The van der Waals surface area contributed by atoms with Crippen LogP contribution in [0, 0.1) is 5.41 Å². The molecule has 1 spiro atoms. The molecule has 0 atom stereocenters. The Morgan fingerprint density at radius 2 is 1.85 bits per heavy atom. The molecule has 2 aromatic rings. The van der Waals surface area contributed by atoms with Gasteiger partial charge in [-0.05, 0) is 36.8 Å². The van der Waals surface area contributed by atoms with Gasteiger partial charge in [-0.1, -0.05) is 49.3 Å². The predicted octanol–water partition coefficient (Wildman–Crippen LogP) is 3.93. The number of rotatable bonds is 4. The van der Waals surface area contributed by atoms with Crippen molar-refractivity contribution in [1.82, 2.24) is 15.0 Å². The smallest absolute Gasteiger partial charge is 0.276 e. The Morgan fingerprint density at radius 3 is 2.52 bits per heavy atom. The number of piperidine rings is 1. The molecule has 27 heavy (non-hydrogen) atoms. The molecule has 5 heteroatoms. The minimum atomic E-state index is 0.0136. The molecule has 0 N–H and O–H groups in total. The molecule has 0 saturated carbocycles. The second kappa shape index (κ2) is 7.47. The lowest BCUT2D eigenvalue weighted by molar-refractivity contribution is 0.0578. The summed E-state index contributed by atoms with van der Waals surface area (Å²) >= 11 is 0. The lowest BCUT2D eigenvalue weighted by Gasteiger charge is -2.39. The molecule has 3 heterocycles. The maximum Gasteiger partial charge on any atom is 0.276 e. The minimum absolute atomic E-state index is 0.0136. The van der Waals surface area contributed by atoms with Crippen LogP contribution in [0.5, 0.6) is 0 Å². The van der Waals surface area contributed by atoms with E-state index in [1.165, 1.54) is 12.0 Å². The highest BCUT2D eigenvalue weighted by molar-refractivity contribution is 5.92. The highest BCUT2D eigenvalue weighted by atomic mass is 16.5. The monoisotopic (exact) mass is 367 g/mol. The summed E-state index contributed by atoms with van der Waals surface area (Å²) in [7, 11) is 0. The largest absolute Gasteiger partial charge is 0.360 e. The first-order valence-electron chi connectivity index (χ1n) is 10.1. The molecule has 0 radical (unpaired) electrons. The van der Waals surface area contributed by atoms with Crippen LogP contribution in [-0.2, 0) is 6.54 Å². The molecule has 2 aliphatic rings. The lowest BCUT2D eigenvalue weighted by Crippen LogP contribution is -2.44. The molecule has 2 saturated heterocycles. The summed E-state index contributed by atoms with van der Waals surface area (Å²) < 4.78 is 5.30. The van der Waals surface area contributed by atoms with Gasteiger partial charge in [0.1, 0.15) is 5.76 Å². The molecule has 4 rings (SSSR count). The van der Waals surface area contributed by atoms with E-state index >= 15 is 0 Å². The Labute approximate surface area is 161 Å². The molecule has 2 fully saturated rings. The van der Waals surface area contributed by atoms with Crippen LogP contribution < -0.4 is 0 Å². The predicted molar refractivity (Wildman–Crippen MR) is 104 cm³/mol. The zero-order chi connectivity index (χ0) is 18.9. The number of carbonyl (C=O) groups is 1. The Bertz CT molecular complexity index is 776.